The van der Waals surface area contributed by atoms with Gasteiger partial charge in [-0.15, -0.1) is 0 Å². The van der Waals surface area contributed by atoms with Crippen molar-refractivity contribution in [2.24, 2.45) is 0 Å². The number of aromatic amines is 2. The van der Waals surface area contributed by atoms with Crippen LogP contribution in [-0.4, -0.2) is 15.9 Å². The number of nitrogens with one attached hydrogen (secondary N) is 3. The Morgan fingerprint density at radius 2 is 1.78 bits per heavy atom. The Morgan fingerprint density at radius 3 is 2.48 bits per heavy atom. The molecule has 3 aromatic rings. The summed E-state index contributed by atoms with van der Waals surface area (Å²) in [6, 6.07) is 12.9. The van der Waals surface area contributed by atoms with Crippen LogP contribution >= 0.6 is 0 Å². The number of aromatic nitrogens is 2. The lowest BCUT2D eigenvalue weighted by Crippen LogP contribution is -2.11. The van der Waals surface area contributed by atoms with Crippen molar-refractivity contribution < 1.29 is 4.79 Å². The van der Waals surface area contributed by atoms with E-state index in [1.165, 1.54) is 5.56 Å². The molecule has 0 radical (unpaired) electrons. The summed E-state index contributed by atoms with van der Waals surface area (Å²) in [7, 11) is 0. The van der Waals surface area contributed by atoms with Gasteiger partial charge in [0.05, 0.1) is 11.0 Å². The van der Waals surface area contributed by atoms with Gasteiger partial charge < -0.3 is 15.3 Å². The second-order valence-corrected chi connectivity index (χ2v) is 5.72. The summed E-state index contributed by atoms with van der Waals surface area (Å²) >= 11 is 0. The van der Waals surface area contributed by atoms with Gasteiger partial charge in [0, 0.05) is 11.3 Å². The summed E-state index contributed by atoms with van der Waals surface area (Å²) in [5.41, 5.74) is 3.61. The molecule has 0 aliphatic carbocycles. The number of imidazole rings is 1. The van der Waals surface area contributed by atoms with Crippen LogP contribution in [0.1, 0.15) is 42.1 Å². The van der Waals surface area contributed by atoms with Crippen LogP contribution in [0.4, 0.5) is 5.69 Å². The van der Waals surface area contributed by atoms with E-state index in [0.717, 1.165) is 6.42 Å². The fourth-order valence-electron chi connectivity index (χ4n) is 2.51. The number of H-pyrrole nitrogens is 2. The zero-order valence-corrected chi connectivity index (χ0v) is 13.1. The minimum atomic E-state index is -0.260. The number of benzene rings is 2. The van der Waals surface area contributed by atoms with E-state index in [0.29, 0.717) is 28.2 Å². The molecule has 23 heavy (non-hydrogen) atoms. The van der Waals surface area contributed by atoms with E-state index < -0.39 is 0 Å². The second-order valence-electron chi connectivity index (χ2n) is 5.72. The van der Waals surface area contributed by atoms with E-state index >= 15 is 0 Å². The van der Waals surface area contributed by atoms with E-state index in [1.807, 2.05) is 24.3 Å². The highest BCUT2D eigenvalue weighted by atomic mass is 16.2. The van der Waals surface area contributed by atoms with Gasteiger partial charge in [-0.1, -0.05) is 26.0 Å². The summed E-state index contributed by atoms with van der Waals surface area (Å²) in [5, 5.41) is 2.85. The fraction of sp³-hybridized carbons (Fsp3) is 0.222. The minimum Gasteiger partial charge on any atom is -0.322 e. The van der Waals surface area contributed by atoms with E-state index in [4.69, 9.17) is 0 Å². The predicted octanol–water partition coefficient (Wildman–Crippen LogP) is 3.62. The molecule has 0 fully saturated rings. The van der Waals surface area contributed by atoms with Gasteiger partial charge in [0.2, 0.25) is 0 Å². The average molecular weight is 309 g/mol. The molecular weight excluding hydrogens is 290 g/mol. The van der Waals surface area contributed by atoms with Crippen molar-refractivity contribution in [1.82, 2.24) is 9.97 Å². The van der Waals surface area contributed by atoms with Crippen molar-refractivity contribution in [3.63, 3.8) is 0 Å². The zero-order chi connectivity index (χ0) is 16.4. The number of anilines is 1. The Hall–Kier alpha value is -2.82. The van der Waals surface area contributed by atoms with Crippen LogP contribution in [0.25, 0.3) is 11.0 Å². The summed E-state index contributed by atoms with van der Waals surface area (Å²) in [6.45, 7) is 4.31. The van der Waals surface area contributed by atoms with E-state index in [9.17, 15) is 9.59 Å². The predicted molar refractivity (Wildman–Crippen MR) is 92.0 cm³/mol. The van der Waals surface area contributed by atoms with Crippen LogP contribution in [0.3, 0.4) is 0 Å². The van der Waals surface area contributed by atoms with Crippen LogP contribution in [-0.2, 0) is 0 Å². The average Bonchev–Trinajstić information content (AvgIpc) is 2.93. The largest absolute Gasteiger partial charge is 0.323 e. The maximum Gasteiger partial charge on any atom is 0.323 e. The molecule has 3 rings (SSSR count). The second kappa shape index (κ2) is 6.12. The fourth-order valence-corrected chi connectivity index (χ4v) is 2.51. The first-order chi connectivity index (χ1) is 11.1. The smallest absolute Gasteiger partial charge is 0.322 e. The number of fused-ring (bicyclic) bond motifs is 1. The summed E-state index contributed by atoms with van der Waals surface area (Å²) in [6.07, 6.45) is 1.07. The lowest BCUT2D eigenvalue weighted by molar-refractivity contribution is 0.102. The quantitative estimate of drug-likeness (QED) is 0.688. The Kier molecular flexibility index (Phi) is 4.02. The molecule has 1 unspecified atom stereocenters. The Bertz CT molecular complexity index is 891. The van der Waals surface area contributed by atoms with Crippen LogP contribution in [0.15, 0.2) is 47.3 Å². The van der Waals surface area contributed by atoms with Crippen molar-refractivity contribution in [2.75, 3.05) is 5.32 Å². The van der Waals surface area contributed by atoms with E-state index in [-0.39, 0.29) is 11.6 Å². The van der Waals surface area contributed by atoms with Gasteiger partial charge >= 0.3 is 5.69 Å². The van der Waals surface area contributed by atoms with Gasteiger partial charge in [-0.25, -0.2) is 4.79 Å². The van der Waals surface area contributed by atoms with Gasteiger partial charge in [0.15, 0.2) is 0 Å². The Morgan fingerprint density at radius 1 is 1.09 bits per heavy atom. The lowest BCUT2D eigenvalue weighted by atomic mass is 9.97. The van der Waals surface area contributed by atoms with Crippen molar-refractivity contribution in [1.29, 1.82) is 0 Å². The molecule has 1 heterocycles. The van der Waals surface area contributed by atoms with Gasteiger partial charge in [-0.05, 0) is 48.2 Å². The zero-order valence-electron chi connectivity index (χ0n) is 13.1. The molecular formula is C18H19N3O2. The van der Waals surface area contributed by atoms with Crippen molar-refractivity contribution in [3.05, 3.63) is 64.1 Å². The van der Waals surface area contributed by atoms with E-state index in [2.05, 4.69) is 29.1 Å². The third-order valence-electron chi connectivity index (χ3n) is 4.13. The highest BCUT2D eigenvalue weighted by Crippen LogP contribution is 2.20. The maximum absolute atomic E-state index is 12.3. The van der Waals surface area contributed by atoms with Gasteiger partial charge in [-0.2, -0.15) is 0 Å². The minimum absolute atomic E-state index is 0.169. The summed E-state index contributed by atoms with van der Waals surface area (Å²) < 4.78 is 0. The number of rotatable bonds is 4. The van der Waals surface area contributed by atoms with Crippen LogP contribution in [0.2, 0.25) is 0 Å². The first-order valence-corrected chi connectivity index (χ1v) is 7.70. The van der Waals surface area contributed by atoms with Crippen LogP contribution < -0.4 is 11.0 Å². The third kappa shape index (κ3) is 3.18. The Balaban J connectivity index is 1.78. The van der Waals surface area contributed by atoms with Gasteiger partial charge in [0.1, 0.15) is 0 Å². The molecule has 3 N–H and O–H groups in total. The molecule has 5 heteroatoms. The van der Waals surface area contributed by atoms with Crippen molar-refractivity contribution in [3.8, 4) is 0 Å². The number of carbonyl (C=O) groups excluding carboxylic acids is 1. The van der Waals surface area contributed by atoms with E-state index in [1.54, 1.807) is 18.2 Å². The number of hydrogen-bond acceptors (Lipinski definition) is 2. The number of carbonyl (C=O) groups is 1. The molecule has 1 amide bonds. The molecule has 1 atom stereocenters. The molecule has 5 nitrogen and oxygen atoms in total. The molecule has 0 bridgehead atoms. The van der Waals surface area contributed by atoms with Gasteiger partial charge in [-0.3, -0.25) is 4.79 Å². The highest BCUT2D eigenvalue weighted by Gasteiger charge is 2.09. The lowest BCUT2D eigenvalue weighted by Gasteiger charge is -2.10. The first-order valence-electron chi connectivity index (χ1n) is 7.70. The standard InChI is InChI=1S/C18H19N3O2/c1-3-11(2)12-4-6-13(7-5-12)17(22)19-14-8-9-15-16(10-14)21-18(23)20-15/h4-11H,3H2,1-2H3,(H,19,22)(H2,20,21,23). The molecule has 2 aromatic carbocycles. The van der Waals surface area contributed by atoms with Crippen LogP contribution in [0, 0.1) is 0 Å². The molecule has 118 valence electrons. The molecule has 0 saturated carbocycles. The SMILES string of the molecule is CCC(C)c1ccc(C(=O)Nc2ccc3[nH]c(=O)[nH]c3c2)cc1. The molecule has 0 saturated heterocycles. The monoisotopic (exact) mass is 309 g/mol. The number of amides is 1. The number of hydrogen-bond donors (Lipinski definition) is 3. The van der Waals surface area contributed by atoms with Crippen LogP contribution in [0.5, 0.6) is 0 Å². The van der Waals surface area contributed by atoms with Crippen molar-refractivity contribution in [2.45, 2.75) is 26.2 Å². The summed E-state index contributed by atoms with van der Waals surface area (Å²) in [4.78, 5) is 28.9. The third-order valence-corrected chi connectivity index (χ3v) is 4.13. The molecule has 1 aromatic heterocycles. The molecule has 0 spiro atoms. The van der Waals surface area contributed by atoms with Gasteiger partial charge in [0.25, 0.3) is 5.91 Å². The summed E-state index contributed by atoms with van der Waals surface area (Å²) in [5.74, 6) is 0.317. The van der Waals surface area contributed by atoms with Crippen molar-refractivity contribution >= 4 is 22.6 Å². The maximum atomic E-state index is 12.3. The highest BCUT2D eigenvalue weighted by molar-refractivity contribution is 6.04. The first kappa shape index (κ1) is 15.1. The molecule has 0 aliphatic rings. The topological polar surface area (TPSA) is 77.8 Å². The molecule has 0 aliphatic heterocycles. The Labute approximate surface area is 133 Å². The normalized spacial score (nSPS) is 12.3.